The Labute approximate surface area is 213 Å². The van der Waals surface area contributed by atoms with Gasteiger partial charge in [-0.2, -0.15) is 0 Å². The minimum absolute atomic E-state index is 0.0262. The van der Waals surface area contributed by atoms with Crippen LogP contribution in [0.2, 0.25) is 0 Å². The molecule has 0 aliphatic carbocycles. The predicted octanol–water partition coefficient (Wildman–Crippen LogP) is 4.14. The lowest BCUT2D eigenvalue weighted by Crippen LogP contribution is -2.39. The molecule has 1 N–H and O–H groups in total. The molecule has 1 unspecified atom stereocenters. The fourth-order valence-corrected chi connectivity index (χ4v) is 4.82. The number of ether oxygens (including phenoxy) is 2. The van der Waals surface area contributed by atoms with Gasteiger partial charge in [-0.05, 0) is 47.2 Å². The van der Waals surface area contributed by atoms with E-state index >= 15 is 0 Å². The zero-order chi connectivity index (χ0) is 25.9. The van der Waals surface area contributed by atoms with Crippen LogP contribution >= 0.6 is 0 Å². The Morgan fingerprint density at radius 1 is 1.00 bits per heavy atom. The highest BCUT2D eigenvalue weighted by molar-refractivity contribution is 6.46. The molecule has 2 aliphatic rings. The van der Waals surface area contributed by atoms with Crippen molar-refractivity contribution in [3.05, 3.63) is 70.8 Å². The maximum Gasteiger partial charge on any atom is 0.295 e. The molecule has 36 heavy (non-hydrogen) atoms. The number of methoxy groups -OCH3 is 1. The fourth-order valence-electron chi connectivity index (χ4n) is 4.82. The average molecular weight is 493 g/mol. The zero-order valence-corrected chi connectivity index (χ0v) is 21.6. The first-order valence-electron chi connectivity index (χ1n) is 12.5. The second kappa shape index (κ2) is 10.8. The number of carbonyl (C=O) groups excluding carboxylic acids is 2. The van der Waals surface area contributed by atoms with Crippen molar-refractivity contribution in [2.45, 2.75) is 38.6 Å². The number of amides is 1. The molecular formula is C29H36N2O5. The van der Waals surface area contributed by atoms with E-state index in [2.05, 4.69) is 25.7 Å². The van der Waals surface area contributed by atoms with E-state index in [4.69, 9.17) is 9.47 Å². The Morgan fingerprint density at radius 3 is 2.22 bits per heavy atom. The summed E-state index contributed by atoms with van der Waals surface area (Å²) in [6, 6.07) is 14.2. The summed E-state index contributed by atoms with van der Waals surface area (Å²) in [4.78, 5) is 30.4. The number of benzene rings is 2. The predicted molar refractivity (Wildman–Crippen MR) is 139 cm³/mol. The van der Waals surface area contributed by atoms with Crippen molar-refractivity contribution in [2.24, 2.45) is 0 Å². The summed E-state index contributed by atoms with van der Waals surface area (Å²) < 4.78 is 10.6. The molecule has 2 aromatic carbocycles. The average Bonchev–Trinajstić information content (AvgIpc) is 3.13. The van der Waals surface area contributed by atoms with Crippen LogP contribution in [0, 0.1) is 0 Å². The molecule has 192 valence electrons. The van der Waals surface area contributed by atoms with Crippen molar-refractivity contribution in [3.63, 3.8) is 0 Å². The number of aliphatic hydroxyl groups is 1. The van der Waals surface area contributed by atoms with E-state index in [9.17, 15) is 14.7 Å². The monoisotopic (exact) mass is 492 g/mol. The lowest BCUT2D eigenvalue weighted by atomic mass is 9.85. The molecular weight excluding hydrogens is 456 g/mol. The number of aliphatic hydroxyl groups excluding tert-OH is 1. The minimum atomic E-state index is -0.653. The molecule has 0 aromatic heterocycles. The van der Waals surface area contributed by atoms with Gasteiger partial charge in [-0.15, -0.1) is 0 Å². The van der Waals surface area contributed by atoms with Crippen molar-refractivity contribution in [1.29, 1.82) is 0 Å². The van der Waals surface area contributed by atoms with Gasteiger partial charge in [0.1, 0.15) is 11.5 Å². The van der Waals surface area contributed by atoms with Gasteiger partial charge < -0.3 is 19.5 Å². The Kier molecular flexibility index (Phi) is 7.81. The van der Waals surface area contributed by atoms with Crippen molar-refractivity contribution in [1.82, 2.24) is 9.80 Å². The Balaban J connectivity index is 1.68. The Bertz CT molecular complexity index is 1110. The molecule has 4 rings (SSSR count). The van der Waals surface area contributed by atoms with Crippen LogP contribution in [0.15, 0.2) is 54.1 Å². The number of likely N-dealkylation sites (tertiary alicyclic amines) is 1. The van der Waals surface area contributed by atoms with Gasteiger partial charge in [0.25, 0.3) is 11.7 Å². The molecule has 2 saturated heterocycles. The summed E-state index contributed by atoms with van der Waals surface area (Å²) in [6.45, 7) is 10.8. The third-order valence-corrected chi connectivity index (χ3v) is 6.97. The van der Waals surface area contributed by atoms with Crippen LogP contribution in [0.3, 0.4) is 0 Å². The Hall–Kier alpha value is -3.16. The summed E-state index contributed by atoms with van der Waals surface area (Å²) in [5.41, 5.74) is 2.54. The largest absolute Gasteiger partial charge is 0.507 e. The van der Waals surface area contributed by atoms with Crippen molar-refractivity contribution in [3.8, 4) is 5.75 Å². The molecule has 2 heterocycles. The lowest BCUT2D eigenvalue weighted by Gasteiger charge is -2.29. The number of hydrogen-bond donors (Lipinski definition) is 1. The zero-order valence-electron chi connectivity index (χ0n) is 21.6. The van der Waals surface area contributed by atoms with E-state index in [-0.39, 0.29) is 16.7 Å². The quantitative estimate of drug-likeness (QED) is 0.356. The normalized spacial score (nSPS) is 20.7. The van der Waals surface area contributed by atoms with Gasteiger partial charge in [-0.25, -0.2) is 0 Å². The third kappa shape index (κ3) is 5.47. The molecule has 2 aromatic rings. The fraction of sp³-hybridized carbons (Fsp3) is 0.448. The highest BCUT2D eigenvalue weighted by Gasteiger charge is 2.45. The van der Waals surface area contributed by atoms with Gasteiger partial charge in [0.2, 0.25) is 0 Å². The minimum Gasteiger partial charge on any atom is -0.507 e. The number of Topliss-reactive ketones (excluding diaryl/α,β-unsaturated/α-hetero) is 1. The molecule has 0 radical (unpaired) electrons. The van der Waals surface area contributed by atoms with Crippen LogP contribution in [0.4, 0.5) is 0 Å². The molecule has 0 spiro atoms. The third-order valence-electron chi connectivity index (χ3n) is 6.97. The maximum absolute atomic E-state index is 13.3. The highest BCUT2D eigenvalue weighted by Crippen LogP contribution is 2.40. The van der Waals surface area contributed by atoms with Crippen LogP contribution < -0.4 is 4.74 Å². The molecule has 2 fully saturated rings. The summed E-state index contributed by atoms with van der Waals surface area (Å²) in [7, 11) is 1.57. The highest BCUT2D eigenvalue weighted by atomic mass is 16.5. The Morgan fingerprint density at radius 2 is 1.64 bits per heavy atom. The molecule has 1 atom stereocenters. The van der Waals surface area contributed by atoms with Crippen LogP contribution in [-0.4, -0.2) is 73.1 Å². The van der Waals surface area contributed by atoms with E-state index in [1.54, 1.807) is 36.3 Å². The number of ketones is 1. The first-order chi connectivity index (χ1) is 17.2. The van der Waals surface area contributed by atoms with Crippen LogP contribution in [0.25, 0.3) is 5.76 Å². The van der Waals surface area contributed by atoms with Crippen LogP contribution in [-0.2, 0) is 19.7 Å². The molecule has 7 nitrogen and oxygen atoms in total. The maximum atomic E-state index is 13.3. The second-order valence-corrected chi connectivity index (χ2v) is 10.4. The standard InChI is InChI=1S/C29H36N2O5/c1-29(2,3)22-10-6-20(7-11-22)25-24(26(32)21-8-12-23(35-4)13-9-21)27(33)28(34)31(25)15-5-14-30-16-18-36-19-17-30/h6-13,25,32H,5,14-19H2,1-4H3. The number of morpholine rings is 1. The summed E-state index contributed by atoms with van der Waals surface area (Å²) in [5.74, 6) is -0.752. The smallest absolute Gasteiger partial charge is 0.295 e. The molecule has 7 heteroatoms. The van der Waals surface area contributed by atoms with Gasteiger partial charge in [-0.1, -0.05) is 45.0 Å². The molecule has 0 saturated carbocycles. The summed E-state index contributed by atoms with van der Waals surface area (Å²) >= 11 is 0. The first kappa shape index (κ1) is 25.9. The summed E-state index contributed by atoms with van der Waals surface area (Å²) in [6.07, 6.45) is 0.728. The number of hydrogen-bond acceptors (Lipinski definition) is 6. The number of rotatable bonds is 7. The first-order valence-corrected chi connectivity index (χ1v) is 12.5. The van der Waals surface area contributed by atoms with Crippen LogP contribution in [0.1, 0.15) is 49.9 Å². The topological polar surface area (TPSA) is 79.3 Å². The van der Waals surface area contributed by atoms with Gasteiger partial charge >= 0.3 is 0 Å². The van der Waals surface area contributed by atoms with Crippen molar-refractivity contribution in [2.75, 3.05) is 46.5 Å². The van der Waals surface area contributed by atoms with E-state index in [1.807, 2.05) is 24.3 Å². The summed E-state index contributed by atoms with van der Waals surface area (Å²) in [5, 5.41) is 11.3. The van der Waals surface area contributed by atoms with Gasteiger partial charge in [0.15, 0.2) is 0 Å². The number of nitrogens with zero attached hydrogens (tertiary/aromatic N) is 2. The van der Waals surface area contributed by atoms with E-state index in [0.29, 0.717) is 31.1 Å². The molecule has 0 bridgehead atoms. The van der Waals surface area contributed by atoms with Gasteiger partial charge in [-0.3, -0.25) is 14.5 Å². The second-order valence-electron chi connectivity index (χ2n) is 10.4. The van der Waals surface area contributed by atoms with Crippen LogP contribution in [0.5, 0.6) is 5.75 Å². The van der Waals surface area contributed by atoms with Crippen molar-refractivity contribution >= 4 is 17.4 Å². The number of carbonyl (C=O) groups is 2. The van der Waals surface area contributed by atoms with E-state index < -0.39 is 17.7 Å². The van der Waals surface area contributed by atoms with Crippen molar-refractivity contribution < 1.29 is 24.2 Å². The van der Waals surface area contributed by atoms with Gasteiger partial charge in [0.05, 0.1) is 31.9 Å². The molecule has 1 amide bonds. The van der Waals surface area contributed by atoms with E-state index in [1.165, 1.54) is 0 Å². The molecule has 2 aliphatic heterocycles. The van der Waals surface area contributed by atoms with Gasteiger partial charge in [0, 0.05) is 31.7 Å². The SMILES string of the molecule is COc1ccc(C(O)=C2C(=O)C(=O)N(CCCN3CCOCC3)C2c2ccc(C(C)(C)C)cc2)cc1. The van der Waals surface area contributed by atoms with E-state index in [0.717, 1.165) is 37.2 Å². The lowest BCUT2D eigenvalue weighted by molar-refractivity contribution is -0.140.